The Morgan fingerprint density at radius 1 is 1.09 bits per heavy atom. The molecule has 8 heteroatoms. The molecule has 1 aromatic heterocycles. The number of rotatable bonds is 10. The van der Waals surface area contributed by atoms with Crippen LogP contribution in [0.25, 0.3) is 6.08 Å². The molecule has 1 aliphatic rings. The zero-order chi connectivity index (χ0) is 24.7. The van der Waals surface area contributed by atoms with Gasteiger partial charge in [0.1, 0.15) is 5.76 Å². The van der Waals surface area contributed by atoms with Gasteiger partial charge in [-0.25, -0.2) is 13.1 Å². The molecule has 1 unspecified atom stereocenters. The van der Waals surface area contributed by atoms with Gasteiger partial charge in [-0.2, -0.15) is 0 Å². The maximum Gasteiger partial charge on any atom is 0.244 e. The third-order valence-corrected chi connectivity index (χ3v) is 7.71. The van der Waals surface area contributed by atoms with Crippen molar-refractivity contribution in [2.24, 2.45) is 0 Å². The molecule has 0 radical (unpaired) electrons. The van der Waals surface area contributed by atoms with Gasteiger partial charge in [-0.3, -0.25) is 9.69 Å². The fourth-order valence-electron chi connectivity index (χ4n) is 4.23. The lowest BCUT2D eigenvalue weighted by atomic mass is 9.98. The number of nitrogens with zero attached hydrogens (tertiary/aromatic N) is 1. The van der Waals surface area contributed by atoms with Crippen molar-refractivity contribution in [1.82, 2.24) is 14.9 Å². The molecule has 4 rings (SSSR count). The molecule has 0 spiro atoms. The Bertz CT molecular complexity index is 1250. The van der Waals surface area contributed by atoms with E-state index in [0.717, 1.165) is 31.5 Å². The summed E-state index contributed by atoms with van der Waals surface area (Å²) < 4.78 is 32.5. The molecule has 184 valence electrons. The van der Waals surface area contributed by atoms with Crippen molar-refractivity contribution < 1.29 is 17.6 Å². The van der Waals surface area contributed by atoms with E-state index in [1.807, 2.05) is 0 Å². The maximum atomic E-state index is 12.4. The van der Waals surface area contributed by atoms with E-state index in [9.17, 15) is 13.2 Å². The van der Waals surface area contributed by atoms with Crippen molar-refractivity contribution in [2.75, 3.05) is 13.1 Å². The highest BCUT2D eigenvalue weighted by atomic mass is 32.2. The van der Waals surface area contributed by atoms with E-state index in [0.29, 0.717) is 12.3 Å². The van der Waals surface area contributed by atoms with E-state index in [1.54, 1.807) is 30.3 Å². The fraction of sp³-hybridized carbons (Fsp3) is 0.296. The summed E-state index contributed by atoms with van der Waals surface area (Å²) in [5.74, 6) is 0.368. The van der Waals surface area contributed by atoms with Gasteiger partial charge in [-0.15, -0.1) is 0 Å². The van der Waals surface area contributed by atoms with Crippen molar-refractivity contribution in [3.05, 3.63) is 95.5 Å². The van der Waals surface area contributed by atoms with E-state index in [1.165, 1.54) is 35.6 Å². The molecule has 2 N–H and O–H groups in total. The van der Waals surface area contributed by atoms with Gasteiger partial charge in [-0.05, 0) is 59.9 Å². The van der Waals surface area contributed by atoms with Crippen LogP contribution < -0.4 is 10.0 Å². The lowest BCUT2D eigenvalue weighted by molar-refractivity contribution is -0.116. The van der Waals surface area contributed by atoms with Gasteiger partial charge in [0.05, 0.1) is 17.7 Å². The summed E-state index contributed by atoms with van der Waals surface area (Å²) >= 11 is 0. The lowest BCUT2D eigenvalue weighted by Gasteiger charge is -2.35. The van der Waals surface area contributed by atoms with Crippen LogP contribution in [0.5, 0.6) is 0 Å². The molecule has 0 aliphatic carbocycles. The monoisotopic (exact) mass is 493 g/mol. The molecule has 3 aromatic rings. The molecule has 0 bridgehead atoms. The first kappa shape index (κ1) is 24.9. The minimum Gasteiger partial charge on any atom is -0.468 e. The van der Waals surface area contributed by atoms with E-state index in [4.69, 9.17) is 4.42 Å². The standard InChI is InChI=1S/C27H31N3O4S/c1-2-24(30-16-15-22-6-3-4-7-23(22)20-30)18-28-27(31)14-11-21-9-12-26(13-10-21)35(32,33)29-19-25-8-5-17-34-25/h3-14,17,24,29H,2,15-16,18-20H2,1H3,(H,28,31)/b14-11+. The first-order valence-corrected chi connectivity index (χ1v) is 13.3. The number of hydrogen-bond acceptors (Lipinski definition) is 5. The molecule has 0 saturated heterocycles. The van der Waals surface area contributed by atoms with Crippen LogP contribution in [0.1, 0.15) is 35.8 Å². The molecule has 0 fully saturated rings. The quantitative estimate of drug-likeness (QED) is 0.420. The predicted octanol–water partition coefficient (Wildman–Crippen LogP) is 3.72. The summed E-state index contributed by atoms with van der Waals surface area (Å²) in [5.41, 5.74) is 3.52. The summed E-state index contributed by atoms with van der Waals surface area (Å²) in [5, 5.41) is 3.01. The van der Waals surface area contributed by atoms with Crippen molar-refractivity contribution >= 4 is 22.0 Å². The van der Waals surface area contributed by atoms with Crippen LogP contribution in [-0.4, -0.2) is 38.4 Å². The minimum absolute atomic E-state index is 0.0832. The second-order valence-corrected chi connectivity index (χ2v) is 10.4. The van der Waals surface area contributed by atoms with Gasteiger partial charge in [-0.1, -0.05) is 43.3 Å². The Morgan fingerprint density at radius 2 is 1.86 bits per heavy atom. The van der Waals surface area contributed by atoms with Gasteiger partial charge in [0.15, 0.2) is 0 Å². The molecule has 7 nitrogen and oxygen atoms in total. The van der Waals surface area contributed by atoms with Gasteiger partial charge in [0.25, 0.3) is 0 Å². The predicted molar refractivity (Wildman–Crippen MR) is 136 cm³/mol. The van der Waals surface area contributed by atoms with E-state index in [-0.39, 0.29) is 23.4 Å². The number of hydrogen-bond donors (Lipinski definition) is 2. The zero-order valence-corrected chi connectivity index (χ0v) is 20.6. The van der Waals surface area contributed by atoms with Crippen LogP contribution in [0.4, 0.5) is 0 Å². The van der Waals surface area contributed by atoms with E-state index < -0.39 is 10.0 Å². The Hall–Kier alpha value is -3.20. The summed E-state index contributed by atoms with van der Waals surface area (Å²) in [6.07, 6.45) is 6.65. The SMILES string of the molecule is CCC(CNC(=O)/C=C/c1ccc(S(=O)(=O)NCc2ccco2)cc1)N1CCc2ccccc2C1. The third-order valence-electron chi connectivity index (χ3n) is 6.29. The van der Waals surface area contributed by atoms with Crippen molar-refractivity contribution in [3.63, 3.8) is 0 Å². The summed E-state index contributed by atoms with van der Waals surface area (Å²) in [7, 11) is -3.65. The van der Waals surface area contributed by atoms with Gasteiger partial charge < -0.3 is 9.73 Å². The van der Waals surface area contributed by atoms with Crippen LogP contribution >= 0.6 is 0 Å². The number of benzene rings is 2. The van der Waals surface area contributed by atoms with Crippen LogP contribution in [0.3, 0.4) is 0 Å². The number of carbonyl (C=O) groups excluding carboxylic acids is 1. The highest BCUT2D eigenvalue weighted by molar-refractivity contribution is 7.89. The topological polar surface area (TPSA) is 91.6 Å². The van der Waals surface area contributed by atoms with Crippen LogP contribution in [0, 0.1) is 0 Å². The molecule has 35 heavy (non-hydrogen) atoms. The second kappa shape index (κ2) is 11.5. The summed E-state index contributed by atoms with van der Waals surface area (Å²) in [6.45, 7) is 4.71. The first-order chi connectivity index (χ1) is 16.9. The fourth-order valence-corrected chi connectivity index (χ4v) is 5.22. The Kier molecular flexibility index (Phi) is 8.17. The lowest BCUT2D eigenvalue weighted by Crippen LogP contribution is -2.45. The smallest absolute Gasteiger partial charge is 0.244 e. The molecule has 2 heterocycles. The first-order valence-electron chi connectivity index (χ1n) is 11.8. The van der Waals surface area contributed by atoms with E-state index in [2.05, 4.69) is 46.1 Å². The van der Waals surface area contributed by atoms with E-state index >= 15 is 0 Å². The van der Waals surface area contributed by atoms with Crippen LogP contribution in [0.2, 0.25) is 0 Å². The van der Waals surface area contributed by atoms with Crippen molar-refractivity contribution in [3.8, 4) is 0 Å². The van der Waals surface area contributed by atoms with Crippen LogP contribution in [0.15, 0.2) is 82.3 Å². The Labute approximate surface area is 206 Å². The highest BCUT2D eigenvalue weighted by Crippen LogP contribution is 2.21. The Morgan fingerprint density at radius 3 is 2.57 bits per heavy atom. The molecule has 2 aromatic carbocycles. The number of sulfonamides is 1. The number of furan rings is 1. The van der Waals surface area contributed by atoms with Gasteiger partial charge in [0, 0.05) is 31.8 Å². The minimum atomic E-state index is -3.65. The molecule has 1 amide bonds. The summed E-state index contributed by atoms with van der Waals surface area (Å²) in [4.78, 5) is 15.0. The number of carbonyl (C=O) groups is 1. The number of fused-ring (bicyclic) bond motifs is 1. The van der Waals surface area contributed by atoms with Crippen molar-refractivity contribution in [2.45, 2.75) is 43.8 Å². The summed E-state index contributed by atoms with van der Waals surface area (Å²) in [6, 6.07) is 18.6. The second-order valence-electron chi connectivity index (χ2n) is 8.60. The maximum absolute atomic E-state index is 12.4. The largest absolute Gasteiger partial charge is 0.468 e. The average molecular weight is 494 g/mol. The average Bonchev–Trinajstić information content (AvgIpc) is 3.41. The molecule has 1 atom stereocenters. The molecular weight excluding hydrogens is 462 g/mol. The Balaban J connectivity index is 1.27. The van der Waals surface area contributed by atoms with Gasteiger partial charge in [0.2, 0.25) is 15.9 Å². The van der Waals surface area contributed by atoms with Gasteiger partial charge >= 0.3 is 0 Å². The molecular formula is C27H31N3O4S. The molecule has 0 saturated carbocycles. The molecule has 1 aliphatic heterocycles. The highest BCUT2D eigenvalue weighted by Gasteiger charge is 2.22. The normalized spacial score (nSPS) is 15.1. The van der Waals surface area contributed by atoms with Crippen molar-refractivity contribution in [1.29, 1.82) is 0 Å². The van der Waals surface area contributed by atoms with Crippen LogP contribution in [-0.2, 0) is 34.3 Å². The number of amides is 1. The third kappa shape index (κ3) is 6.69. The number of nitrogens with one attached hydrogen (secondary N) is 2. The zero-order valence-electron chi connectivity index (χ0n) is 19.8.